The van der Waals surface area contributed by atoms with Crippen molar-refractivity contribution >= 4 is 29.3 Å². The number of rotatable bonds is 5. The van der Waals surface area contributed by atoms with Gasteiger partial charge in [0, 0.05) is 4.90 Å². The zero-order valence-electron chi connectivity index (χ0n) is 13.3. The van der Waals surface area contributed by atoms with Gasteiger partial charge in [-0.3, -0.25) is 4.79 Å². The van der Waals surface area contributed by atoms with Crippen LogP contribution in [0.4, 0.5) is 5.69 Å². The molecule has 1 amide bonds. The number of nitriles is 1. The first-order valence-corrected chi connectivity index (χ1v) is 8.42. The van der Waals surface area contributed by atoms with Crippen molar-refractivity contribution in [2.24, 2.45) is 0 Å². The smallest absolute Gasteiger partial charge is 0.338 e. The van der Waals surface area contributed by atoms with Gasteiger partial charge in [0.1, 0.15) is 6.07 Å². The fourth-order valence-corrected chi connectivity index (χ4v) is 2.34. The van der Waals surface area contributed by atoms with Crippen LogP contribution >= 0.6 is 11.8 Å². The second kappa shape index (κ2) is 8.18. The number of ether oxygens (including phenoxy) is 1. The summed E-state index contributed by atoms with van der Waals surface area (Å²) in [5, 5.41) is 11.6. The van der Waals surface area contributed by atoms with Crippen LogP contribution in [0.3, 0.4) is 0 Å². The minimum absolute atomic E-state index is 0.344. The Hall–Kier alpha value is -2.78. The van der Waals surface area contributed by atoms with Crippen LogP contribution in [0.25, 0.3) is 0 Å². The zero-order chi connectivity index (χ0) is 17.5. The first-order chi connectivity index (χ1) is 11.5. The highest BCUT2D eigenvalue weighted by atomic mass is 32.2. The van der Waals surface area contributed by atoms with Gasteiger partial charge < -0.3 is 10.1 Å². The van der Waals surface area contributed by atoms with Crippen molar-refractivity contribution in [1.29, 1.82) is 5.26 Å². The SMILES string of the molecule is CSc1ccc(C(=O)O[C@@H](C)C(=O)Nc2ccccc2C#N)cc1. The van der Waals surface area contributed by atoms with E-state index in [0.29, 0.717) is 16.8 Å². The summed E-state index contributed by atoms with van der Waals surface area (Å²) >= 11 is 1.57. The van der Waals surface area contributed by atoms with E-state index in [1.807, 2.05) is 24.5 Å². The Morgan fingerprint density at radius 2 is 1.83 bits per heavy atom. The van der Waals surface area contributed by atoms with E-state index < -0.39 is 18.0 Å². The number of nitrogens with zero attached hydrogens (tertiary/aromatic N) is 1. The zero-order valence-corrected chi connectivity index (χ0v) is 14.1. The molecule has 24 heavy (non-hydrogen) atoms. The fraction of sp³-hybridized carbons (Fsp3) is 0.167. The minimum atomic E-state index is -0.982. The number of esters is 1. The molecule has 0 radical (unpaired) electrons. The molecule has 0 bridgehead atoms. The Morgan fingerprint density at radius 1 is 1.17 bits per heavy atom. The van der Waals surface area contributed by atoms with Crippen molar-refractivity contribution in [3.63, 3.8) is 0 Å². The maximum absolute atomic E-state index is 12.1. The summed E-state index contributed by atoms with van der Waals surface area (Å²) in [4.78, 5) is 25.3. The highest BCUT2D eigenvalue weighted by Crippen LogP contribution is 2.17. The second-order valence-electron chi connectivity index (χ2n) is 4.92. The maximum atomic E-state index is 12.1. The summed E-state index contributed by atoms with van der Waals surface area (Å²) in [6.07, 6.45) is 0.961. The van der Waals surface area contributed by atoms with E-state index in [4.69, 9.17) is 10.00 Å². The lowest BCUT2D eigenvalue weighted by molar-refractivity contribution is -0.123. The summed E-state index contributed by atoms with van der Waals surface area (Å²) in [5.74, 6) is -1.06. The maximum Gasteiger partial charge on any atom is 0.338 e. The molecule has 0 aliphatic carbocycles. The third kappa shape index (κ3) is 4.37. The lowest BCUT2D eigenvalue weighted by atomic mass is 10.2. The number of amides is 1. The number of carbonyl (C=O) groups is 2. The van der Waals surface area contributed by atoms with E-state index in [1.165, 1.54) is 6.92 Å². The monoisotopic (exact) mass is 340 g/mol. The lowest BCUT2D eigenvalue weighted by Crippen LogP contribution is -2.30. The van der Waals surface area contributed by atoms with E-state index in [9.17, 15) is 9.59 Å². The molecular weight excluding hydrogens is 324 g/mol. The van der Waals surface area contributed by atoms with Crippen LogP contribution in [0.2, 0.25) is 0 Å². The number of hydrogen-bond donors (Lipinski definition) is 1. The van der Waals surface area contributed by atoms with Crippen LogP contribution < -0.4 is 5.32 Å². The van der Waals surface area contributed by atoms with Crippen molar-refractivity contribution in [2.45, 2.75) is 17.9 Å². The molecule has 1 N–H and O–H groups in total. The highest BCUT2D eigenvalue weighted by Gasteiger charge is 2.19. The Bertz CT molecular complexity index is 782. The number of benzene rings is 2. The van der Waals surface area contributed by atoms with Crippen LogP contribution in [0, 0.1) is 11.3 Å². The summed E-state index contributed by atoms with van der Waals surface area (Å²) in [6.45, 7) is 1.48. The number of anilines is 1. The predicted molar refractivity (Wildman–Crippen MR) is 92.9 cm³/mol. The van der Waals surface area contributed by atoms with Gasteiger partial charge in [0.15, 0.2) is 6.10 Å². The van der Waals surface area contributed by atoms with E-state index in [0.717, 1.165) is 4.90 Å². The van der Waals surface area contributed by atoms with Gasteiger partial charge in [-0.25, -0.2) is 4.79 Å². The largest absolute Gasteiger partial charge is 0.449 e. The first-order valence-electron chi connectivity index (χ1n) is 7.20. The molecule has 1 atom stereocenters. The minimum Gasteiger partial charge on any atom is -0.449 e. The third-order valence-electron chi connectivity index (χ3n) is 3.28. The van der Waals surface area contributed by atoms with Crippen molar-refractivity contribution in [3.05, 3.63) is 59.7 Å². The van der Waals surface area contributed by atoms with E-state index in [-0.39, 0.29) is 0 Å². The molecule has 0 aliphatic rings. The number of hydrogen-bond acceptors (Lipinski definition) is 5. The topological polar surface area (TPSA) is 79.2 Å². The van der Waals surface area contributed by atoms with Crippen LogP contribution in [-0.4, -0.2) is 24.2 Å². The molecule has 2 aromatic carbocycles. The number of thioether (sulfide) groups is 1. The molecule has 2 aromatic rings. The van der Waals surface area contributed by atoms with Crippen molar-refractivity contribution in [1.82, 2.24) is 0 Å². The average Bonchev–Trinajstić information content (AvgIpc) is 2.62. The van der Waals surface area contributed by atoms with Crippen molar-refractivity contribution in [2.75, 3.05) is 11.6 Å². The third-order valence-corrected chi connectivity index (χ3v) is 4.03. The lowest BCUT2D eigenvalue weighted by Gasteiger charge is -2.14. The Balaban J connectivity index is 2.00. The molecule has 0 fully saturated rings. The first kappa shape index (κ1) is 17.6. The molecule has 0 aromatic heterocycles. The van der Waals surface area contributed by atoms with Crippen LogP contribution in [0.5, 0.6) is 0 Å². The summed E-state index contributed by atoms with van der Waals surface area (Å²) in [5.41, 5.74) is 1.11. The molecule has 122 valence electrons. The normalized spacial score (nSPS) is 11.2. The highest BCUT2D eigenvalue weighted by molar-refractivity contribution is 7.98. The van der Waals surface area contributed by atoms with Gasteiger partial charge in [0.25, 0.3) is 5.91 Å². The predicted octanol–water partition coefficient (Wildman–Crippen LogP) is 3.46. The van der Waals surface area contributed by atoms with Gasteiger partial charge in [-0.05, 0) is 49.6 Å². The molecule has 2 rings (SSSR count). The van der Waals surface area contributed by atoms with Gasteiger partial charge in [0.2, 0.25) is 0 Å². The Kier molecular flexibility index (Phi) is 5.99. The molecule has 0 aliphatic heterocycles. The van der Waals surface area contributed by atoms with Crippen LogP contribution in [0.15, 0.2) is 53.4 Å². The molecule has 0 unspecified atom stereocenters. The van der Waals surface area contributed by atoms with Crippen molar-refractivity contribution < 1.29 is 14.3 Å². The van der Waals surface area contributed by atoms with Crippen molar-refractivity contribution in [3.8, 4) is 6.07 Å². The molecule has 0 saturated heterocycles. The molecule has 6 heteroatoms. The molecule has 0 saturated carbocycles. The van der Waals surface area contributed by atoms with Crippen LogP contribution in [0.1, 0.15) is 22.8 Å². The Labute approximate surface area is 144 Å². The van der Waals surface area contributed by atoms with Gasteiger partial charge in [0.05, 0.1) is 16.8 Å². The molecular formula is C18H16N2O3S. The second-order valence-corrected chi connectivity index (χ2v) is 5.80. The summed E-state index contributed by atoms with van der Waals surface area (Å²) in [7, 11) is 0. The molecule has 5 nitrogen and oxygen atoms in total. The Morgan fingerprint density at radius 3 is 2.46 bits per heavy atom. The van der Waals surface area contributed by atoms with Gasteiger partial charge >= 0.3 is 5.97 Å². The number of carbonyl (C=O) groups excluding carboxylic acids is 2. The van der Waals surface area contributed by atoms with Gasteiger partial charge in [-0.2, -0.15) is 5.26 Å². The summed E-state index contributed by atoms with van der Waals surface area (Å²) in [6, 6.07) is 15.6. The van der Waals surface area contributed by atoms with E-state index in [2.05, 4.69) is 5.32 Å². The number of para-hydroxylation sites is 1. The van der Waals surface area contributed by atoms with Gasteiger partial charge in [-0.15, -0.1) is 11.8 Å². The van der Waals surface area contributed by atoms with Gasteiger partial charge in [-0.1, -0.05) is 12.1 Å². The molecule has 0 spiro atoms. The van der Waals surface area contributed by atoms with Crippen LogP contribution in [-0.2, 0) is 9.53 Å². The molecule has 0 heterocycles. The average molecular weight is 340 g/mol. The summed E-state index contributed by atoms with van der Waals surface area (Å²) < 4.78 is 5.18. The standard InChI is InChI=1S/C18H16N2O3S/c1-12(17(21)20-16-6-4-3-5-14(16)11-19)23-18(22)13-7-9-15(24-2)10-8-13/h3-10,12H,1-2H3,(H,20,21)/t12-/m0/s1. The van der Waals surface area contributed by atoms with E-state index in [1.54, 1.807) is 48.2 Å². The van der Waals surface area contributed by atoms with E-state index >= 15 is 0 Å². The quantitative estimate of drug-likeness (QED) is 0.666. The fourth-order valence-electron chi connectivity index (χ4n) is 1.93. The number of nitrogens with one attached hydrogen (secondary N) is 1.